The van der Waals surface area contributed by atoms with Crippen LogP contribution in [0.3, 0.4) is 0 Å². The van der Waals surface area contributed by atoms with Gasteiger partial charge in [0, 0.05) is 34.4 Å². The molecule has 0 saturated carbocycles. The summed E-state index contributed by atoms with van der Waals surface area (Å²) in [7, 11) is 0. The predicted molar refractivity (Wildman–Crippen MR) is 210 cm³/mol. The molecule has 2 aromatic heterocycles. The van der Waals surface area contributed by atoms with Gasteiger partial charge >= 0.3 is 0 Å². The largest absolute Gasteiger partial charge is 0.421 e. The lowest BCUT2D eigenvalue weighted by Gasteiger charge is -2.26. The van der Waals surface area contributed by atoms with E-state index >= 15 is 0 Å². The molecule has 7 heteroatoms. The number of hydrogen-bond acceptors (Lipinski definition) is 7. The predicted octanol–water partition coefficient (Wildman–Crippen LogP) is 11.8. The Hall–Kier alpha value is -6.08. The number of aliphatic imine (C=N–C) groups is 2. The van der Waals surface area contributed by atoms with E-state index in [1.165, 1.54) is 0 Å². The molecule has 0 fully saturated rings. The second kappa shape index (κ2) is 12.4. The molecule has 2 aliphatic rings. The third-order valence-electron chi connectivity index (χ3n) is 9.35. The van der Waals surface area contributed by atoms with Crippen molar-refractivity contribution < 1.29 is 4.74 Å². The summed E-state index contributed by atoms with van der Waals surface area (Å²) in [6, 6.07) is 41.4. The Morgan fingerprint density at radius 2 is 0.824 bits per heavy atom. The molecule has 0 amide bonds. The zero-order valence-electron chi connectivity index (χ0n) is 29.8. The Labute approximate surface area is 299 Å². The van der Waals surface area contributed by atoms with Gasteiger partial charge in [-0.25, -0.2) is 9.98 Å². The van der Waals surface area contributed by atoms with Crippen molar-refractivity contribution >= 4 is 47.1 Å². The number of benzene rings is 4. The summed E-state index contributed by atoms with van der Waals surface area (Å²) >= 11 is 0. The molecule has 0 aliphatic carbocycles. The SMILES string of the molecule is CC(C)(C)c1cc(Oc2cc(C(C)(C)C)cc(N3C=Nc4ccccc4-c4ccccc43)n2)nc(N2C=Nc3ccccc3-c3ccccc32)c1. The van der Waals surface area contributed by atoms with E-state index in [-0.39, 0.29) is 10.8 Å². The number of rotatable bonds is 4. The van der Waals surface area contributed by atoms with Gasteiger partial charge in [0.15, 0.2) is 0 Å². The van der Waals surface area contributed by atoms with Crippen molar-refractivity contribution in [2.75, 3.05) is 9.80 Å². The molecule has 0 N–H and O–H groups in total. The Morgan fingerprint density at radius 3 is 1.24 bits per heavy atom. The first-order valence-corrected chi connectivity index (χ1v) is 17.3. The molecule has 0 bridgehead atoms. The maximum Gasteiger partial charge on any atom is 0.223 e. The number of aromatic nitrogens is 2. The van der Waals surface area contributed by atoms with Crippen LogP contribution < -0.4 is 14.5 Å². The highest BCUT2D eigenvalue weighted by atomic mass is 16.5. The van der Waals surface area contributed by atoms with Crippen LogP contribution in [-0.4, -0.2) is 22.6 Å². The molecule has 0 radical (unpaired) electrons. The molecule has 7 nitrogen and oxygen atoms in total. The number of pyridine rings is 2. The third-order valence-corrected chi connectivity index (χ3v) is 9.35. The van der Waals surface area contributed by atoms with Crippen LogP contribution >= 0.6 is 0 Å². The van der Waals surface area contributed by atoms with Gasteiger partial charge in [0.1, 0.15) is 24.3 Å². The lowest BCUT2D eigenvalue weighted by atomic mass is 9.87. The minimum Gasteiger partial charge on any atom is -0.421 e. The molecular formula is C44H40N6O. The van der Waals surface area contributed by atoms with Crippen LogP contribution in [-0.2, 0) is 10.8 Å². The van der Waals surface area contributed by atoms with E-state index in [9.17, 15) is 0 Å². The van der Waals surface area contributed by atoms with Crippen LogP contribution in [0.15, 0.2) is 131 Å². The fourth-order valence-electron chi connectivity index (χ4n) is 6.49. The highest BCUT2D eigenvalue weighted by Gasteiger charge is 2.26. The average molecular weight is 669 g/mol. The van der Waals surface area contributed by atoms with Crippen molar-refractivity contribution in [2.24, 2.45) is 9.98 Å². The lowest BCUT2D eigenvalue weighted by Crippen LogP contribution is -2.20. The molecule has 8 rings (SSSR count). The molecule has 0 saturated heterocycles. The van der Waals surface area contributed by atoms with Crippen molar-refractivity contribution in [3.05, 3.63) is 132 Å². The molecule has 0 spiro atoms. The van der Waals surface area contributed by atoms with E-state index in [1.54, 1.807) is 0 Å². The Kier molecular flexibility index (Phi) is 7.79. The molecule has 0 unspecified atom stereocenters. The zero-order chi connectivity index (χ0) is 35.3. The van der Waals surface area contributed by atoms with Crippen molar-refractivity contribution in [2.45, 2.75) is 52.4 Å². The Morgan fingerprint density at radius 1 is 0.451 bits per heavy atom. The summed E-state index contributed by atoms with van der Waals surface area (Å²) in [5.74, 6) is 2.32. The first-order chi connectivity index (χ1) is 24.5. The standard InChI is InChI=1S/C44H40N6O/c1-43(2,3)29-23-39(49-27-45-35-19-11-7-15-31(35)33-17-9-13-21-37(33)49)47-41(25-29)51-42-26-30(44(4,5)6)24-40(48-42)50-28-46-36-20-12-8-16-32(36)34-18-10-14-22-38(34)50/h7-28H,1-6H3. The average Bonchev–Trinajstić information content (AvgIpc) is 3.39. The van der Waals surface area contributed by atoms with Gasteiger partial charge in [-0.05, 0) is 58.4 Å². The van der Waals surface area contributed by atoms with Crippen LogP contribution in [0.25, 0.3) is 22.3 Å². The second-order valence-electron chi connectivity index (χ2n) is 15.0. The van der Waals surface area contributed by atoms with Crippen molar-refractivity contribution in [1.82, 2.24) is 9.97 Å². The second-order valence-corrected chi connectivity index (χ2v) is 15.0. The quantitative estimate of drug-likeness (QED) is 0.187. The lowest BCUT2D eigenvalue weighted by molar-refractivity contribution is 0.439. The number of nitrogens with zero attached hydrogens (tertiary/aromatic N) is 6. The molecular weight excluding hydrogens is 629 g/mol. The van der Waals surface area contributed by atoms with Gasteiger partial charge in [-0.3, -0.25) is 9.80 Å². The van der Waals surface area contributed by atoms with Crippen LogP contribution in [0.5, 0.6) is 11.8 Å². The van der Waals surface area contributed by atoms with Gasteiger partial charge in [-0.2, -0.15) is 9.97 Å². The van der Waals surface area contributed by atoms with E-state index in [0.29, 0.717) is 23.4 Å². The highest BCUT2D eigenvalue weighted by molar-refractivity contribution is 6.02. The first-order valence-electron chi connectivity index (χ1n) is 17.3. The zero-order valence-corrected chi connectivity index (χ0v) is 29.8. The van der Waals surface area contributed by atoms with E-state index in [0.717, 1.165) is 56.1 Å². The van der Waals surface area contributed by atoms with Gasteiger partial charge in [0.2, 0.25) is 11.8 Å². The number of anilines is 4. The maximum atomic E-state index is 6.71. The summed E-state index contributed by atoms with van der Waals surface area (Å²) in [5, 5.41) is 0. The summed E-state index contributed by atoms with van der Waals surface area (Å²) in [5.41, 5.74) is 9.91. The van der Waals surface area contributed by atoms with Crippen molar-refractivity contribution in [3.8, 4) is 34.0 Å². The van der Waals surface area contributed by atoms with E-state index in [1.807, 2.05) is 83.1 Å². The fourth-order valence-corrected chi connectivity index (χ4v) is 6.49. The minimum atomic E-state index is -0.186. The van der Waals surface area contributed by atoms with Crippen molar-refractivity contribution in [1.29, 1.82) is 0 Å². The van der Waals surface area contributed by atoms with Crippen LogP contribution in [0.4, 0.5) is 34.4 Å². The summed E-state index contributed by atoms with van der Waals surface area (Å²) in [6.07, 6.45) is 3.71. The number of ether oxygens (including phenoxy) is 1. The van der Waals surface area contributed by atoms with Gasteiger partial charge in [-0.1, -0.05) is 114 Å². The minimum absolute atomic E-state index is 0.186. The summed E-state index contributed by atoms with van der Waals surface area (Å²) in [4.78, 5) is 24.1. The Bertz CT molecular complexity index is 2180. The molecule has 4 aromatic carbocycles. The first kappa shape index (κ1) is 32.1. The maximum absolute atomic E-state index is 6.71. The smallest absolute Gasteiger partial charge is 0.223 e. The van der Waals surface area contributed by atoms with Gasteiger partial charge < -0.3 is 4.74 Å². The van der Waals surface area contributed by atoms with Gasteiger partial charge in [0.25, 0.3) is 0 Å². The topological polar surface area (TPSA) is 66.2 Å². The monoisotopic (exact) mass is 668 g/mol. The van der Waals surface area contributed by atoms with Crippen LogP contribution in [0, 0.1) is 0 Å². The van der Waals surface area contributed by atoms with Gasteiger partial charge in [-0.15, -0.1) is 0 Å². The van der Waals surface area contributed by atoms with Crippen LogP contribution in [0.1, 0.15) is 52.7 Å². The molecule has 6 aromatic rings. The molecule has 51 heavy (non-hydrogen) atoms. The molecule has 252 valence electrons. The van der Waals surface area contributed by atoms with E-state index < -0.39 is 0 Å². The van der Waals surface area contributed by atoms with E-state index in [2.05, 4.69) is 102 Å². The number of fused-ring (bicyclic) bond motifs is 6. The van der Waals surface area contributed by atoms with Gasteiger partial charge in [0.05, 0.1) is 22.7 Å². The molecule has 0 atom stereocenters. The van der Waals surface area contributed by atoms with Crippen LogP contribution in [0.2, 0.25) is 0 Å². The Balaban J connectivity index is 1.25. The highest BCUT2D eigenvalue weighted by Crippen LogP contribution is 2.44. The van der Waals surface area contributed by atoms with E-state index in [4.69, 9.17) is 24.7 Å². The molecule has 4 heterocycles. The molecule has 2 aliphatic heterocycles. The third kappa shape index (κ3) is 6.16. The fraction of sp³-hybridized carbons (Fsp3) is 0.182. The van der Waals surface area contributed by atoms with Crippen molar-refractivity contribution in [3.63, 3.8) is 0 Å². The summed E-state index contributed by atoms with van der Waals surface area (Å²) in [6.45, 7) is 13.2. The number of hydrogen-bond donors (Lipinski definition) is 0. The summed E-state index contributed by atoms with van der Waals surface area (Å²) < 4.78 is 6.71. The normalized spacial score (nSPS) is 13.5. The number of para-hydroxylation sites is 4.